The molecule has 0 fully saturated rings. The summed E-state index contributed by atoms with van der Waals surface area (Å²) in [6, 6.07) is 33.5. The molecule has 0 atom stereocenters. The predicted octanol–water partition coefficient (Wildman–Crippen LogP) is 8.72. The second-order valence-corrected chi connectivity index (χ2v) is 16.9. The van der Waals surface area contributed by atoms with Crippen molar-refractivity contribution in [2.45, 2.75) is 66.2 Å². The summed E-state index contributed by atoms with van der Waals surface area (Å²) in [4.78, 5) is 51.2. The van der Waals surface area contributed by atoms with Crippen LogP contribution in [0.3, 0.4) is 0 Å². The number of fused-ring (bicyclic) bond motifs is 12. The third kappa shape index (κ3) is 13.2. The number of ether oxygens (including phenoxy) is 8. The first kappa shape index (κ1) is 51.8. The first-order chi connectivity index (χ1) is 35.0. The van der Waals surface area contributed by atoms with Crippen LogP contribution in [0.15, 0.2) is 109 Å². The van der Waals surface area contributed by atoms with E-state index in [2.05, 4.69) is 0 Å². The number of aromatic hydroxyl groups is 2. The van der Waals surface area contributed by atoms with E-state index in [-0.39, 0.29) is 103 Å². The lowest BCUT2D eigenvalue weighted by Crippen LogP contribution is -2.17. The van der Waals surface area contributed by atoms with Gasteiger partial charge in [0.1, 0.15) is 34.5 Å². The van der Waals surface area contributed by atoms with Crippen molar-refractivity contribution in [1.29, 1.82) is 0 Å². The minimum absolute atomic E-state index is 0.0339. The molecular formula is C58H60O14. The molecule has 72 heavy (non-hydrogen) atoms. The lowest BCUT2D eigenvalue weighted by Gasteiger charge is -2.21. The summed E-state index contributed by atoms with van der Waals surface area (Å²) in [5.74, 6) is -0.509. The number of phenols is 2. The third-order valence-electron chi connectivity index (χ3n) is 12.0. The van der Waals surface area contributed by atoms with Crippen LogP contribution in [0.4, 0.5) is 0 Å². The van der Waals surface area contributed by atoms with Crippen molar-refractivity contribution in [2.24, 2.45) is 0 Å². The Morgan fingerprint density at radius 2 is 0.486 bits per heavy atom. The molecule has 14 heteroatoms. The molecule has 1 aliphatic carbocycles. The fourth-order valence-corrected chi connectivity index (χ4v) is 8.83. The van der Waals surface area contributed by atoms with Crippen LogP contribution in [0.1, 0.15) is 94.5 Å². The van der Waals surface area contributed by atoms with Gasteiger partial charge in [-0.05, 0) is 94.5 Å². The Hall–Kier alpha value is -8.00. The Morgan fingerprint density at radius 3 is 0.667 bits per heavy atom. The molecule has 0 spiro atoms. The Morgan fingerprint density at radius 1 is 0.319 bits per heavy atom. The molecule has 6 aromatic carbocycles. The molecule has 14 nitrogen and oxygen atoms in total. The van der Waals surface area contributed by atoms with Gasteiger partial charge in [0.15, 0.2) is 26.4 Å². The maximum Gasteiger partial charge on any atom is 0.344 e. The normalized spacial score (nSPS) is 12.1. The first-order valence-corrected chi connectivity index (χ1v) is 24.2. The third-order valence-corrected chi connectivity index (χ3v) is 12.0. The molecule has 2 N–H and O–H groups in total. The van der Waals surface area contributed by atoms with Gasteiger partial charge in [0, 0.05) is 38.5 Å². The second kappa shape index (κ2) is 25.2. The zero-order chi connectivity index (χ0) is 51.0. The highest BCUT2D eigenvalue weighted by Crippen LogP contribution is 2.40. The number of carbonyl (C=O) groups excluding carboxylic acids is 4. The molecule has 0 saturated carbocycles. The van der Waals surface area contributed by atoms with E-state index in [1.165, 1.54) is 0 Å². The number of benzene rings is 6. The van der Waals surface area contributed by atoms with Gasteiger partial charge in [-0.25, -0.2) is 19.2 Å². The molecule has 1 aliphatic rings. The lowest BCUT2D eigenvalue weighted by molar-refractivity contribution is -0.146. The number of rotatable bonds is 16. The van der Waals surface area contributed by atoms with Gasteiger partial charge in [-0.3, -0.25) is 0 Å². The second-order valence-electron chi connectivity index (χ2n) is 16.9. The van der Waals surface area contributed by atoms with Crippen molar-refractivity contribution < 1.29 is 67.3 Å². The van der Waals surface area contributed by atoms with Crippen molar-refractivity contribution >= 4 is 23.9 Å². The predicted molar refractivity (Wildman–Crippen MR) is 267 cm³/mol. The SMILES string of the molecule is CCOC(=O)COc1c2cccc1Cc1cccc(c1OCC(=O)OCC)Cc1cccc(c1O)Cc1cccc(c1OCC(=O)OCC)Cc1cccc(c1OCC(=O)OCC)Cc1cccc(c1O)C2. The Bertz CT molecular complexity index is 2510. The van der Waals surface area contributed by atoms with Crippen LogP contribution in [0.25, 0.3) is 0 Å². The van der Waals surface area contributed by atoms with Gasteiger partial charge in [0.25, 0.3) is 0 Å². The summed E-state index contributed by atoms with van der Waals surface area (Å²) in [5, 5.41) is 24.2. The van der Waals surface area contributed by atoms with Gasteiger partial charge >= 0.3 is 23.9 Å². The van der Waals surface area contributed by atoms with Crippen LogP contribution in [-0.2, 0) is 76.7 Å². The Balaban J connectivity index is 1.42. The topological polar surface area (TPSA) is 183 Å². The summed E-state index contributed by atoms with van der Waals surface area (Å²) < 4.78 is 46.3. The largest absolute Gasteiger partial charge is 0.507 e. The number of hydrogen-bond donors (Lipinski definition) is 2. The highest BCUT2D eigenvalue weighted by Gasteiger charge is 2.24. The maximum atomic E-state index is 12.8. The van der Waals surface area contributed by atoms with Crippen molar-refractivity contribution in [3.05, 3.63) is 176 Å². The van der Waals surface area contributed by atoms with Crippen LogP contribution in [0.5, 0.6) is 34.5 Å². The molecule has 0 saturated heterocycles. The molecule has 0 aliphatic heterocycles. The molecule has 0 radical (unpaired) electrons. The van der Waals surface area contributed by atoms with Crippen molar-refractivity contribution in [1.82, 2.24) is 0 Å². The van der Waals surface area contributed by atoms with Crippen molar-refractivity contribution in [2.75, 3.05) is 52.9 Å². The van der Waals surface area contributed by atoms with E-state index in [1.807, 2.05) is 109 Å². The number of esters is 4. The molecule has 0 amide bonds. The van der Waals surface area contributed by atoms with Crippen LogP contribution in [0.2, 0.25) is 0 Å². The zero-order valence-electron chi connectivity index (χ0n) is 41.1. The summed E-state index contributed by atoms with van der Waals surface area (Å²) >= 11 is 0. The highest BCUT2D eigenvalue weighted by molar-refractivity contribution is 5.73. The molecule has 12 bridgehead atoms. The summed E-state index contributed by atoms with van der Waals surface area (Å²) in [6.07, 6.45) is 1.25. The van der Waals surface area contributed by atoms with E-state index in [0.29, 0.717) is 89.8 Å². The standard InChI is InChI=1S/C58H60O14/c1-5-65-49(59)33-69-55-41-19-11-23-45(55)31-46-24-12-20-42(56(46)70-34-50(60)66-6-2)29-39-17-10-18-40(54(39)64)30-44-22-14-26-48(58(44)72-36-52(62)68-8-4)32-47-25-13-21-43(57(47)71-35-51(61)67-7-3)28-38-16-9-15-37(27-41)53(38)63/h9-26,63-64H,5-8,27-36H2,1-4H3. The average Bonchev–Trinajstić information content (AvgIpc) is 3.35. The molecule has 376 valence electrons. The highest BCUT2D eigenvalue weighted by atomic mass is 16.6. The Labute approximate surface area is 419 Å². The number of para-hydroxylation sites is 6. The smallest absolute Gasteiger partial charge is 0.344 e. The van der Waals surface area contributed by atoms with E-state index in [4.69, 9.17) is 37.9 Å². The summed E-state index contributed by atoms with van der Waals surface area (Å²) in [6.45, 7) is 6.03. The fourth-order valence-electron chi connectivity index (χ4n) is 8.83. The monoisotopic (exact) mass is 980 g/mol. The van der Waals surface area contributed by atoms with Gasteiger partial charge in [-0.2, -0.15) is 0 Å². The van der Waals surface area contributed by atoms with Gasteiger partial charge in [0.05, 0.1) is 26.4 Å². The first-order valence-electron chi connectivity index (χ1n) is 24.2. The van der Waals surface area contributed by atoms with E-state index in [9.17, 15) is 29.4 Å². The molecular weight excluding hydrogens is 921 g/mol. The minimum atomic E-state index is -0.555. The molecule has 0 heterocycles. The van der Waals surface area contributed by atoms with Crippen molar-refractivity contribution in [3.8, 4) is 34.5 Å². The summed E-state index contributed by atoms with van der Waals surface area (Å²) in [7, 11) is 0. The van der Waals surface area contributed by atoms with Crippen LogP contribution in [0, 0.1) is 0 Å². The lowest BCUT2D eigenvalue weighted by atomic mass is 9.91. The van der Waals surface area contributed by atoms with Gasteiger partial charge in [0.2, 0.25) is 0 Å². The van der Waals surface area contributed by atoms with E-state index < -0.39 is 23.9 Å². The molecule has 0 unspecified atom stereocenters. The molecule has 7 rings (SSSR count). The number of carbonyl (C=O) groups is 4. The number of phenolic OH excluding ortho intramolecular Hbond substituents is 2. The number of hydrogen-bond acceptors (Lipinski definition) is 14. The quantitative estimate of drug-likeness (QED) is 0.0693. The van der Waals surface area contributed by atoms with E-state index in [1.54, 1.807) is 27.7 Å². The van der Waals surface area contributed by atoms with Crippen LogP contribution in [-0.4, -0.2) is 86.9 Å². The minimum Gasteiger partial charge on any atom is -0.507 e. The summed E-state index contributed by atoms with van der Waals surface area (Å²) in [5.41, 5.74) is 7.76. The zero-order valence-corrected chi connectivity index (χ0v) is 41.1. The molecule has 6 aromatic rings. The van der Waals surface area contributed by atoms with E-state index >= 15 is 0 Å². The Kier molecular flexibility index (Phi) is 18.2. The maximum absolute atomic E-state index is 12.8. The van der Waals surface area contributed by atoms with E-state index in [0.717, 1.165) is 0 Å². The molecule has 0 aromatic heterocycles. The average molecular weight is 981 g/mol. The van der Waals surface area contributed by atoms with Gasteiger partial charge < -0.3 is 48.1 Å². The van der Waals surface area contributed by atoms with Crippen LogP contribution >= 0.6 is 0 Å². The van der Waals surface area contributed by atoms with Gasteiger partial charge in [-0.15, -0.1) is 0 Å². The van der Waals surface area contributed by atoms with Gasteiger partial charge in [-0.1, -0.05) is 109 Å². The van der Waals surface area contributed by atoms with Crippen LogP contribution < -0.4 is 18.9 Å². The van der Waals surface area contributed by atoms with Crippen molar-refractivity contribution in [3.63, 3.8) is 0 Å². The fraction of sp³-hybridized carbons (Fsp3) is 0.310.